The number of aliphatic hydroxyl groups is 1. The lowest BCUT2D eigenvalue weighted by Gasteiger charge is -2.20. The predicted molar refractivity (Wildman–Crippen MR) is 130 cm³/mol. The van der Waals surface area contributed by atoms with Crippen LogP contribution in [0.4, 0.5) is 17.5 Å². The molecule has 35 heavy (non-hydrogen) atoms. The van der Waals surface area contributed by atoms with Crippen molar-refractivity contribution < 1.29 is 14.4 Å². The fourth-order valence-electron chi connectivity index (χ4n) is 4.08. The summed E-state index contributed by atoms with van der Waals surface area (Å²) in [7, 11) is 0. The highest BCUT2D eigenvalue weighted by molar-refractivity contribution is 6.00. The van der Waals surface area contributed by atoms with Crippen LogP contribution >= 0.6 is 0 Å². The Morgan fingerprint density at radius 2 is 1.91 bits per heavy atom. The van der Waals surface area contributed by atoms with Gasteiger partial charge >= 0.3 is 0 Å². The van der Waals surface area contributed by atoms with Gasteiger partial charge in [0.2, 0.25) is 5.95 Å². The molecule has 1 aliphatic rings. The Morgan fingerprint density at radius 1 is 1.11 bits per heavy atom. The van der Waals surface area contributed by atoms with Crippen LogP contribution in [0.2, 0.25) is 0 Å². The van der Waals surface area contributed by atoms with Gasteiger partial charge in [0.05, 0.1) is 18.2 Å². The molecule has 1 amide bonds. The fourth-order valence-corrected chi connectivity index (χ4v) is 4.08. The van der Waals surface area contributed by atoms with Crippen molar-refractivity contribution in [2.45, 2.75) is 32.4 Å². The third-order valence-corrected chi connectivity index (χ3v) is 5.86. The maximum absolute atomic E-state index is 12.2. The van der Waals surface area contributed by atoms with Crippen molar-refractivity contribution in [3.8, 4) is 11.5 Å². The number of carbonyl (C=O) groups excluding carboxylic acids is 1. The molecule has 0 saturated heterocycles. The maximum Gasteiger partial charge on any atom is 0.263 e. The third-order valence-electron chi connectivity index (χ3n) is 5.86. The highest BCUT2D eigenvalue weighted by atomic mass is 16.5. The van der Waals surface area contributed by atoms with E-state index in [2.05, 4.69) is 36.1 Å². The molecule has 0 saturated carbocycles. The number of aromatic nitrogens is 4. The monoisotopic (exact) mass is 471 g/mol. The van der Waals surface area contributed by atoms with Crippen LogP contribution in [0.5, 0.6) is 0 Å². The van der Waals surface area contributed by atoms with E-state index in [4.69, 9.17) is 4.52 Å². The van der Waals surface area contributed by atoms with E-state index in [0.717, 1.165) is 16.8 Å². The van der Waals surface area contributed by atoms with Gasteiger partial charge in [-0.1, -0.05) is 35.5 Å². The summed E-state index contributed by atoms with van der Waals surface area (Å²) in [6, 6.07) is 14.7. The molecule has 1 aliphatic heterocycles. The molecule has 178 valence electrons. The molecule has 0 fully saturated rings. The van der Waals surface area contributed by atoms with E-state index < -0.39 is 11.6 Å². The van der Waals surface area contributed by atoms with Crippen molar-refractivity contribution in [1.82, 2.24) is 25.4 Å². The zero-order valence-electron chi connectivity index (χ0n) is 19.5. The smallest absolute Gasteiger partial charge is 0.263 e. The number of carbonyl (C=O) groups is 1. The van der Waals surface area contributed by atoms with E-state index in [1.807, 2.05) is 56.3 Å². The summed E-state index contributed by atoms with van der Waals surface area (Å²) in [4.78, 5) is 25.6. The number of fused-ring (bicyclic) bond motifs is 1. The minimum atomic E-state index is -0.471. The Morgan fingerprint density at radius 3 is 2.63 bits per heavy atom. The Hall–Kier alpha value is -4.31. The van der Waals surface area contributed by atoms with Crippen molar-refractivity contribution in [2.75, 3.05) is 17.2 Å². The molecule has 4 aromatic rings. The molecule has 0 unspecified atom stereocenters. The number of hydrogen-bond acceptors (Lipinski definition) is 9. The van der Waals surface area contributed by atoms with Crippen molar-refractivity contribution >= 4 is 23.4 Å². The van der Waals surface area contributed by atoms with Crippen molar-refractivity contribution in [1.29, 1.82) is 0 Å². The van der Waals surface area contributed by atoms with Gasteiger partial charge in [-0.3, -0.25) is 4.79 Å². The first-order chi connectivity index (χ1) is 16.8. The van der Waals surface area contributed by atoms with E-state index in [1.54, 1.807) is 19.2 Å². The van der Waals surface area contributed by atoms with Gasteiger partial charge in [0.1, 0.15) is 11.4 Å². The molecule has 0 radical (unpaired) electrons. The summed E-state index contributed by atoms with van der Waals surface area (Å²) in [6.07, 6.45) is 1.59. The van der Waals surface area contributed by atoms with Gasteiger partial charge in [-0.25, -0.2) is 4.98 Å². The molecule has 4 N–H and O–H groups in total. The third kappa shape index (κ3) is 4.43. The second kappa shape index (κ2) is 8.80. The Bertz CT molecular complexity index is 1390. The van der Waals surface area contributed by atoms with Crippen LogP contribution in [0, 0.1) is 6.92 Å². The highest BCUT2D eigenvalue weighted by Gasteiger charge is 2.35. The normalized spacial score (nSPS) is 14.8. The molecular formula is C25H25N7O3. The summed E-state index contributed by atoms with van der Waals surface area (Å²) in [6.45, 7) is 5.49. The molecule has 0 bridgehead atoms. The van der Waals surface area contributed by atoms with Crippen molar-refractivity contribution in [3.05, 3.63) is 77.2 Å². The highest BCUT2D eigenvalue weighted by Crippen LogP contribution is 2.34. The summed E-state index contributed by atoms with van der Waals surface area (Å²) in [5.41, 5.74) is 3.22. The van der Waals surface area contributed by atoms with Gasteiger partial charge < -0.3 is 25.6 Å². The van der Waals surface area contributed by atoms with Crippen LogP contribution in [0.1, 0.15) is 47.2 Å². The lowest BCUT2D eigenvalue weighted by molar-refractivity contribution is 0.0940. The number of benzene rings is 2. The van der Waals surface area contributed by atoms with Gasteiger partial charge in [-0.15, -0.1) is 0 Å². The number of nitrogens with zero attached hydrogens (tertiary/aromatic N) is 4. The zero-order valence-corrected chi connectivity index (χ0v) is 19.5. The number of hydrogen-bond donors (Lipinski definition) is 4. The lowest BCUT2D eigenvalue weighted by atomic mass is 9.94. The summed E-state index contributed by atoms with van der Waals surface area (Å²) in [5, 5.41) is 23.4. The predicted octanol–water partition coefficient (Wildman–Crippen LogP) is 3.70. The van der Waals surface area contributed by atoms with Gasteiger partial charge in [0.25, 0.3) is 11.8 Å². The molecule has 0 spiro atoms. The van der Waals surface area contributed by atoms with E-state index in [9.17, 15) is 9.90 Å². The second-order valence-electron chi connectivity index (χ2n) is 8.86. The van der Waals surface area contributed by atoms with E-state index in [1.165, 1.54) is 0 Å². The molecule has 0 aliphatic carbocycles. The van der Waals surface area contributed by atoms with E-state index in [-0.39, 0.29) is 18.4 Å². The topological polar surface area (TPSA) is 138 Å². The van der Waals surface area contributed by atoms with Crippen LogP contribution in [-0.4, -0.2) is 37.7 Å². The average molecular weight is 472 g/mol. The number of aliphatic hydroxyl groups excluding tert-OH is 1. The van der Waals surface area contributed by atoms with Crippen LogP contribution in [0.3, 0.4) is 0 Å². The minimum Gasteiger partial charge on any atom is -0.394 e. The van der Waals surface area contributed by atoms with Crippen LogP contribution < -0.4 is 16.0 Å². The quantitative estimate of drug-likeness (QED) is 0.318. The van der Waals surface area contributed by atoms with Gasteiger partial charge in [-0.05, 0) is 50.1 Å². The number of aryl methyl sites for hydroxylation is 1. The summed E-state index contributed by atoms with van der Waals surface area (Å²) < 4.78 is 5.35. The van der Waals surface area contributed by atoms with Crippen molar-refractivity contribution in [2.24, 2.45) is 0 Å². The van der Waals surface area contributed by atoms with Crippen LogP contribution in [-0.2, 0) is 5.54 Å². The zero-order chi connectivity index (χ0) is 24.6. The number of nitrogens with one attached hydrogen (secondary N) is 3. The van der Waals surface area contributed by atoms with Gasteiger partial charge in [-0.2, -0.15) is 9.97 Å². The molecular weight excluding hydrogens is 446 g/mol. The number of rotatable bonds is 7. The maximum atomic E-state index is 12.2. The summed E-state index contributed by atoms with van der Waals surface area (Å²) in [5.74, 6) is 1.41. The first kappa shape index (κ1) is 22.5. The molecule has 10 nitrogen and oxygen atoms in total. The lowest BCUT2D eigenvalue weighted by Crippen LogP contribution is -2.32. The SMILES string of the molecule is Cc1noc(-c2cnc(Nc3ccc4c(c3)C(C)(C)NC4=O)nc2N[C@H](CO)c2ccccc2)n1. The van der Waals surface area contributed by atoms with Gasteiger partial charge in [0.15, 0.2) is 5.82 Å². The molecule has 3 heterocycles. The summed E-state index contributed by atoms with van der Waals surface area (Å²) >= 11 is 0. The largest absolute Gasteiger partial charge is 0.394 e. The number of amides is 1. The van der Waals surface area contributed by atoms with Crippen molar-refractivity contribution in [3.63, 3.8) is 0 Å². The second-order valence-corrected chi connectivity index (χ2v) is 8.86. The minimum absolute atomic E-state index is 0.0885. The fraction of sp³-hybridized carbons (Fsp3) is 0.240. The molecule has 2 aromatic heterocycles. The van der Waals surface area contributed by atoms with Gasteiger partial charge in [0, 0.05) is 17.4 Å². The molecule has 2 aromatic carbocycles. The Labute approximate surface area is 201 Å². The number of anilines is 3. The van der Waals surface area contributed by atoms with Crippen LogP contribution in [0.25, 0.3) is 11.5 Å². The molecule has 5 rings (SSSR count). The standard InChI is InChI=1S/C25H25N7O3/c1-14-27-23(35-32-14)18-12-26-24(30-21(18)29-20(13-33)15-7-5-4-6-8-15)28-16-9-10-17-19(11-16)25(2,3)31-22(17)34/h4-12,20,33H,13H2,1-3H3,(H,31,34)(H2,26,28,29,30)/t20-/m1/s1. The van der Waals surface area contributed by atoms with E-state index >= 15 is 0 Å². The van der Waals surface area contributed by atoms with Crippen LogP contribution in [0.15, 0.2) is 59.3 Å². The van der Waals surface area contributed by atoms with E-state index in [0.29, 0.717) is 28.7 Å². The average Bonchev–Trinajstić information content (AvgIpc) is 3.37. The Balaban J connectivity index is 1.50. The molecule has 1 atom stereocenters. The molecule has 10 heteroatoms. The first-order valence-corrected chi connectivity index (χ1v) is 11.2. The Kier molecular flexibility index (Phi) is 5.65. The first-order valence-electron chi connectivity index (χ1n) is 11.2.